The minimum Gasteiger partial charge on any atom is -0.507 e. The number of sulfonamides is 1. The highest BCUT2D eigenvalue weighted by Gasteiger charge is 2.18. The van der Waals surface area contributed by atoms with Gasteiger partial charge < -0.3 is 10.2 Å². The van der Waals surface area contributed by atoms with Gasteiger partial charge in [0.15, 0.2) is 0 Å². The summed E-state index contributed by atoms with van der Waals surface area (Å²) in [4.78, 5) is 10.6. The normalized spacial score (nSPS) is 11.4. The van der Waals surface area contributed by atoms with Crippen LogP contribution in [0.3, 0.4) is 0 Å². The van der Waals surface area contributed by atoms with Crippen LogP contribution in [-0.4, -0.2) is 31.1 Å². The van der Waals surface area contributed by atoms with E-state index in [4.69, 9.17) is 5.11 Å². The molecule has 3 N–H and O–H groups in total. The van der Waals surface area contributed by atoms with Gasteiger partial charge in [-0.2, -0.15) is 0 Å². The molecule has 1 aromatic rings. The summed E-state index contributed by atoms with van der Waals surface area (Å²) in [6, 6.07) is 3.15. The lowest BCUT2D eigenvalue weighted by atomic mass is 10.2. The van der Waals surface area contributed by atoms with Crippen molar-refractivity contribution in [2.45, 2.75) is 24.7 Å². The van der Waals surface area contributed by atoms with Crippen molar-refractivity contribution in [3.63, 3.8) is 0 Å². The van der Waals surface area contributed by atoms with Crippen molar-refractivity contribution >= 4 is 16.0 Å². The first-order chi connectivity index (χ1) is 8.38. The van der Waals surface area contributed by atoms with Gasteiger partial charge in [0.25, 0.3) is 0 Å². The molecular formula is C11H15NO5S. The Balaban J connectivity index is 3.02. The summed E-state index contributed by atoms with van der Waals surface area (Å²) in [6.07, 6.45) is 1.54. The fourth-order valence-electron chi connectivity index (χ4n) is 1.32. The molecule has 0 radical (unpaired) electrons. The molecular weight excluding hydrogens is 258 g/mol. The highest BCUT2D eigenvalue weighted by atomic mass is 32.2. The Kier molecular flexibility index (Phi) is 4.69. The lowest BCUT2D eigenvalue weighted by Crippen LogP contribution is -2.24. The molecule has 0 spiro atoms. The van der Waals surface area contributed by atoms with E-state index in [9.17, 15) is 18.3 Å². The summed E-state index contributed by atoms with van der Waals surface area (Å²) in [5.41, 5.74) is -0.437. The van der Waals surface area contributed by atoms with Crippen molar-refractivity contribution in [2.75, 3.05) is 6.54 Å². The molecule has 0 aliphatic carbocycles. The van der Waals surface area contributed by atoms with Gasteiger partial charge in [0.1, 0.15) is 11.3 Å². The molecule has 7 heteroatoms. The summed E-state index contributed by atoms with van der Waals surface area (Å²) in [5, 5.41) is 18.1. The van der Waals surface area contributed by atoms with Crippen molar-refractivity contribution in [1.82, 2.24) is 4.72 Å². The van der Waals surface area contributed by atoms with E-state index in [1.807, 2.05) is 6.92 Å². The van der Waals surface area contributed by atoms with Gasteiger partial charge in [-0.05, 0) is 24.6 Å². The molecule has 0 heterocycles. The molecule has 0 bridgehead atoms. The van der Waals surface area contributed by atoms with Gasteiger partial charge in [-0.1, -0.05) is 13.3 Å². The second-order valence-corrected chi connectivity index (χ2v) is 5.50. The second kappa shape index (κ2) is 5.83. The molecule has 18 heavy (non-hydrogen) atoms. The van der Waals surface area contributed by atoms with E-state index < -0.39 is 27.3 Å². The Morgan fingerprint density at radius 3 is 2.61 bits per heavy atom. The zero-order valence-corrected chi connectivity index (χ0v) is 10.7. The first-order valence-electron chi connectivity index (χ1n) is 5.44. The van der Waals surface area contributed by atoms with E-state index in [-0.39, 0.29) is 4.90 Å². The van der Waals surface area contributed by atoms with Gasteiger partial charge in [-0.25, -0.2) is 17.9 Å². The van der Waals surface area contributed by atoms with Crippen LogP contribution in [0.5, 0.6) is 5.75 Å². The van der Waals surface area contributed by atoms with Crippen molar-refractivity contribution in [2.24, 2.45) is 0 Å². The van der Waals surface area contributed by atoms with Gasteiger partial charge >= 0.3 is 5.97 Å². The van der Waals surface area contributed by atoms with Crippen molar-refractivity contribution in [3.05, 3.63) is 23.8 Å². The largest absolute Gasteiger partial charge is 0.507 e. The number of nitrogens with one attached hydrogen (secondary N) is 1. The molecule has 0 aromatic heterocycles. The van der Waals surface area contributed by atoms with Gasteiger partial charge in [-0.15, -0.1) is 0 Å². The third kappa shape index (κ3) is 3.44. The number of hydrogen-bond donors (Lipinski definition) is 3. The number of hydrogen-bond acceptors (Lipinski definition) is 4. The topological polar surface area (TPSA) is 104 Å². The molecule has 0 saturated carbocycles. The smallest absolute Gasteiger partial charge is 0.339 e. The number of aromatic hydroxyl groups is 1. The number of rotatable bonds is 6. The standard InChI is InChI=1S/C11H15NO5S/c1-2-3-6-12-18(16,17)8-4-5-10(13)9(7-8)11(14)15/h4-5,7,12-13H,2-3,6H2,1H3,(H,14,15). The van der Waals surface area contributed by atoms with E-state index in [0.717, 1.165) is 24.6 Å². The lowest BCUT2D eigenvalue weighted by molar-refractivity contribution is 0.0693. The van der Waals surface area contributed by atoms with Crippen molar-refractivity contribution in [3.8, 4) is 5.75 Å². The summed E-state index contributed by atoms with van der Waals surface area (Å²) in [6.45, 7) is 2.22. The number of phenols is 1. The maximum atomic E-state index is 11.8. The number of aromatic carboxylic acids is 1. The van der Waals surface area contributed by atoms with Gasteiger partial charge in [0.05, 0.1) is 4.90 Å². The van der Waals surface area contributed by atoms with Gasteiger partial charge in [0.2, 0.25) is 10.0 Å². The maximum absolute atomic E-state index is 11.8. The van der Waals surface area contributed by atoms with E-state index in [2.05, 4.69) is 4.72 Å². The van der Waals surface area contributed by atoms with Crippen molar-refractivity contribution in [1.29, 1.82) is 0 Å². The fraction of sp³-hybridized carbons (Fsp3) is 0.364. The Morgan fingerprint density at radius 2 is 2.06 bits per heavy atom. The monoisotopic (exact) mass is 273 g/mol. The predicted octanol–water partition coefficient (Wildman–Crippen LogP) is 1.17. The summed E-state index contributed by atoms with van der Waals surface area (Å²) >= 11 is 0. The average Bonchev–Trinajstić information content (AvgIpc) is 2.29. The number of benzene rings is 1. The third-order valence-electron chi connectivity index (χ3n) is 2.33. The first-order valence-corrected chi connectivity index (χ1v) is 6.92. The molecule has 0 fully saturated rings. The Bertz CT molecular complexity index is 538. The molecule has 100 valence electrons. The van der Waals surface area contributed by atoms with E-state index in [1.54, 1.807) is 0 Å². The Labute approximate surface area is 105 Å². The lowest BCUT2D eigenvalue weighted by Gasteiger charge is -2.07. The number of carbonyl (C=O) groups is 1. The molecule has 0 amide bonds. The van der Waals surface area contributed by atoms with E-state index in [0.29, 0.717) is 13.0 Å². The molecule has 0 saturated heterocycles. The number of carboxylic acid groups (broad SMARTS) is 1. The van der Waals surface area contributed by atoms with Crippen LogP contribution in [0.2, 0.25) is 0 Å². The molecule has 0 unspecified atom stereocenters. The third-order valence-corrected chi connectivity index (χ3v) is 3.79. The molecule has 0 aliphatic rings. The summed E-state index contributed by atoms with van der Waals surface area (Å²) in [7, 11) is -3.73. The molecule has 1 rings (SSSR count). The van der Waals surface area contributed by atoms with Crippen LogP contribution >= 0.6 is 0 Å². The molecule has 0 atom stereocenters. The summed E-state index contributed by atoms with van der Waals surface area (Å²) in [5.74, 6) is -1.84. The average molecular weight is 273 g/mol. The molecule has 6 nitrogen and oxygen atoms in total. The quantitative estimate of drug-likeness (QED) is 0.675. The minimum atomic E-state index is -3.73. The number of carboxylic acids is 1. The predicted molar refractivity (Wildman–Crippen MR) is 65.2 cm³/mol. The highest BCUT2D eigenvalue weighted by Crippen LogP contribution is 2.21. The van der Waals surface area contributed by atoms with Crippen LogP contribution < -0.4 is 4.72 Å². The van der Waals surface area contributed by atoms with E-state index >= 15 is 0 Å². The minimum absolute atomic E-state index is 0.172. The highest BCUT2D eigenvalue weighted by molar-refractivity contribution is 7.89. The SMILES string of the molecule is CCCCNS(=O)(=O)c1ccc(O)c(C(=O)O)c1. The molecule has 0 aliphatic heterocycles. The fourth-order valence-corrected chi connectivity index (χ4v) is 2.42. The van der Waals surface area contributed by atoms with Crippen LogP contribution in [-0.2, 0) is 10.0 Å². The van der Waals surface area contributed by atoms with E-state index in [1.165, 1.54) is 0 Å². The number of unbranched alkanes of at least 4 members (excludes halogenated alkanes) is 1. The zero-order chi connectivity index (χ0) is 13.8. The van der Waals surface area contributed by atoms with Crippen LogP contribution in [0.1, 0.15) is 30.1 Å². The summed E-state index contributed by atoms with van der Waals surface area (Å²) < 4.78 is 26.0. The molecule has 1 aromatic carbocycles. The van der Waals surface area contributed by atoms with Gasteiger partial charge in [0, 0.05) is 6.54 Å². The van der Waals surface area contributed by atoms with Crippen LogP contribution in [0.4, 0.5) is 0 Å². The van der Waals surface area contributed by atoms with Crippen LogP contribution in [0.15, 0.2) is 23.1 Å². The zero-order valence-electron chi connectivity index (χ0n) is 9.88. The first kappa shape index (κ1) is 14.5. The van der Waals surface area contributed by atoms with Crippen LogP contribution in [0.25, 0.3) is 0 Å². The Morgan fingerprint density at radius 1 is 1.39 bits per heavy atom. The second-order valence-electron chi connectivity index (χ2n) is 3.74. The van der Waals surface area contributed by atoms with Crippen LogP contribution in [0, 0.1) is 0 Å². The van der Waals surface area contributed by atoms with Crippen molar-refractivity contribution < 1.29 is 23.4 Å². The Hall–Kier alpha value is -1.60. The van der Waals surface area contributed by atoms with Gasteiger partial charge in [-0.3, -0.25) is 0 Å². The maximum Gasteiger partial charge on any atom is 0.339 e.